The molecule has 4 saturated heterocycles. The van der Waals surface area contributed by atoms with E-state index in [4.69, 9.17) is 22.1 Å². The fraction of sp³-hybridized carbons (Fsp3) is 1.00. The van der Waals surface area contributed by atoms with Crippen LogP contribution in [0.15, 0.2) is 0 Å². The minimum atomic E-state index is 0. The van der Waals surface area contributed by atoms with Crippen LogP contribution in [-0.4, -0.2) is 48.1 Å². The molecule has 1 radical (unpaired) electrons. The summed E-state index contributed by atoms with van der Waals surface area (Å²) in [6, 6.07) is 1.92. The first kappa shape index (κ1) is 21.1. The second kappa shape index (κ2) is 10.8. The Labute approximate surface area is 154 Å². The van der Waals surface area contributed by atoms with Gasteiger partial charge >= 0.3 is 17.1 Å². The van der Waals surface area contributed by atoms with Crippen LogP contribution in [-0.2, 0) is 17.1 Å². The van der Waals surface area contributed by atoms with Gasteiger partial charge in [0.15, 0.2) is 0 Å². The minimum absolute atomic E-state index is 0. The third kappa shape index (κ3) is 5.03. The van der Waals surface area contributed by atoms with E-state index in [0.29, 0.717) is 0 Å². The molecule has 137 valence electrons. The van der Waals surface area contributed by atoms with Crippen LogP contribution in [0.1, 0.15) is 44.9 Å². The summed E-state index contributed by atoms with van der Waals surface area (Å²) in [5.41, 5.74) is 27.0. The number of fused-ring (bicyclic) bond motifs is 6. The van der Waals surface area contributed by atoms with Crippen molar-refractivity contribution in [2.45, 2.75) is 57.0 Å². The number of rotatable bonds is 0. The normalized spacial score (nSPS) is 34.2. The summed E-state index contributed by atoms with van der Waals surface area (Å²) in [5.74, 6) is 2.03. The summed E-state index contributed by atoms with van der Waals surface area (Å²) < 4.78 is 0. The van der Waals surface area contributed by atoms with E-state index in [1.54, 1.807) is 6.42 Å². The van der Waals surface area contributed by atoms with Gasteiger partial charge in [0.2, 0.25) is 0 Å². The number of hydrogen-bond donors (Lipinski definition) is 0. The molecule has 0 N–H and O–H groups in total. The smallest absolute Gasteiger partial charge is 0.373 e. The summed E-state index contributed by atoms with van der Waals surface area (Å²) in [5, 5.41) is 0. The number of hydrogen-bond acceptors (Lipinski definition) is 2. The van der Waals surface area contributed by atoms with Crippen LogP contribution in [0.4, 0.5) is 0 Å². The number of nitrogens with zero attached hydrogens (tertiary/aromatic N) is 8. The fourth-order valence-electron chi connectivity index (χ4n) is 5.25. The second-order valence-electron chi connectivity index (χ2n) is 7.05. The molecular formula is C15H26CuN8. The van der Waals surface area contributed by atoms with Crippen molar-refractivity contribution >= 4 is 0 Å². The average molecular weight is 382 g/mol. The van der Waals surface area contributed by atoms with E-state index in [1.165, 1.54) is 74.5 Å². The Morgan fingerprint density at radius 2 is 1.04 bits per heavy atom. The van der Waals surface area contributed by atoms with Gasteiger partial charge in [0.25, 0.3) is 0 Å². The van der Waals surface area contributed by atoms with E-state index in [0.717, 1.165) is 23.9 Å². The molecule has 0 spiro atoms. The zero-order chi connectivity index (χ0) is 16.7. The van der Waals surface area contributed by atoms with Gasteiger partial charge in [-0.05, 0) is 57.0 Å². The molecule has 0 aromatic rings. The van der Waals surface area contributed by atoms with E-state index in [1.807, 2.05) is 0 Å². The van der Waals surface area contributed by atoms with Crippen molar-refractivity contribution in [3.63, 3.8) is 0 Å². The van der Waals surface area contributed by atoms with Gasteiger partial charge in [0, 0.05) is 25.2 Å². The Kier molecular flexibility index (Phi) is 9.52. The first-order chi connectivity index (χ1) is 11.2. The molecular weight excluding hydrogens is 356 g/mol. The van der Waals surface area contributed by atoms with Gasteiger partial charge in [0.1, 0.15) is 0 Å². The molecule has 0 aromatic carbocycles. The van der Waals surface area contributed by atoms with Gasteiger partial charge in [-0.2, -0.15) is 0 Å². The molecule has 4 fully saturated rings. The Hall–Kier alpha value is -0.941. The van der Waals surface area contributed by atoms with Crippen molar-refractivity contribution in [2.24, 2.45) is 11.8 Å². The quantitative estimate of drug-likeness (QED) is 0.271. The van der Waals surface area contributed by atoms with Crippen molar-refractivity contribution < 1.29 is 17.1 Å². The summed E-state index contributed by atoms with van der Waals surface area (Å²) in [6.45, 7) is 5.68. The van der Waals surface area contributed by atoms with Crippen molar-refractivity contribution in [1.82, 2.24) is 9.80 Å². The van der Waals surface area contributed by atoms with Crippen LogP contribution in [0.2, 0.25) is 0 Å². The van der Waals surface area contributed by atoms with E-state index in [-0.39, 0.29) is 17.1 Å². The van der Waals surface area contributed by atoms with Gasteiger partial charge in [-0.1, -0.05) is 12.8 Å². The first-order valence-electron chi connectivity index (χ1n) is 8.70. The maximum atomic E-state index is 6.75. The predicted molar refractivity (Wildman–Crippen MR) is 90.2 cm³/mol. The largest absolute Gasteiger partial charge is 2.00 e. The molecule has 4 atom stereocenters. The molecule has 2 bridgehead atoms. The maximum absolute atomic E-state index is 6.75. The molecule has 4 aliphatic rings. The summed E-state index contributed by atoms with van der Waals surface area (Å²) in [6.07, 6.45) is 10.5. The van der Waals surface area contributed by atoms with Crippen LogP contribution >= 0.6 is 0 Å². The molecule has 0 unspecified atom stereocenters. The van der Waals surface area contributed by atoms with Crippen LogP contribution in [0, 0.1) is 11.8 Å². The first-order valence-corrected chi connectivity index (χ1v) is 8.70. The molecule has 8 nitrogen and oxygen atoms in total. The van der Waals surface area contributed by atoms with Gasteiger partial charge < -0.3 is 22.1 Å². The second-order valence-corrected chi connectivity index (χ2v) is 7.05. The van der Waals surface area contributed by atoms with E-state index in [2.05, 4.69) is 9.80 Å². The van der Waals surface area contributed by atoms with Crippen LogP contribution < -0.4 is 0 Å². The molecule has 0 saturated carbocycles. The van der Waals surface area contributed by atoms with E-state index in [9.17, 15) is 0 Å². The Bertz CT molecular complexity index is 407. The predicted octanol–water partition coefficient (Wildman–Crippen LogP) is 4.07. The molecule has 24 heavy (non-hydrogen) atoms. The molecule has 0 aliphatic carbocycles. The monoisotopic (exact) mass is 381 g/mol. The standard InChI is InChI=1S/C15H26N2.Cu.2N3/c1-3-7-16-11-13-9-12(14(16)5-1)10-17-8-4-2-6-15(13)17;;2*1-3-2/h12-15H,1-11H2;;;/q;+2;2*-1/t12-,13-,14+,15+;;;/m0.../s1. The Morgan fingerprint density at radius 3 is 1.42 bits per heavy atom. The van der Waals surface area contributed by atoms with Gasteiger partial charge in [-0.25, -0.2) is 0 Å². The molecule has 0 aromatic heterocycles. The zero-order valence-corrected chi connectivity index (χ0v) is 14.9. The third-order valence-electron chi connectivity index (χ3n) is 5.96. The average Bonchev–Trinajstić information content (AvgIpc) is 2.57. The van der Waals surface area contributed by atoms with Crippen molar-refractivity contribution in [2.75, 3.05) is 26.2 Å². The molecule has 0 amide bonds. The zero-order valence-electron chi connectivity index (χ0n) is 14.0. The van der Waals surface area contributed by atoms with Gasteiger partial charge in [-0.3, -0.25) is 19.6 Å². The van der Waals surface area contributed by atoms with E-state index < -0.39 is 0 Å². The van der Waals surface area contributed by atoms with Crippen LogP contribution in [0.3, 0.4) is 0 Å². The fourth-order valence-corrected chi connectivity index (χ4v) is 5.25. The van der Waals surface area contributed by atoms with Gasteiger partial charge in [-0.15, -0.1) is 0 Å². The van der Waals surface area contributed by atoms with Crippen LogP contribution in [0.5, 0.6) is 0 Å². The van der Waals surface area contributed by atoms with Crippen molar-refractivity contribution in [3.05, 3.63) is 31.9 Å². The topological polar surface area (TPSA) is 124 Å². The summed E-state index contributed by atoms with van der Waals surface area (Å²) >= 11 is 0. The molecule has 4 heterocycles. The van der Waals surface area contributed by atoms with E-state index >= 15 is 0 Å². The maximum Gasteiger partial charge on any atom is 2.00 e. The Morgan fingerprint density at radius 1 is 0.667 bits per heavy atom. The van der Waals surface area contributed by atoms with Crippen molar-refractivity contribution in [1.29, 1.82) is 0 Å². The summed E-state index contributed by atoms with van der Waals surface area (Å²) in [7, 11) is 0. The molecule has 9 heteroatoms. The SMILES string of the molecule is C1CCN2C[C@@H]3C[C@@H](CN4CCCC[C@H]34)[C@H]2C1.[Cu+2].[N-]=[N+]=[N-].[N-]=[N+]=[N-]. The number of piperidine rings is 4. The van der Waals surface area contributed by atoms with Gasteiger partial charge in [0.05, 0.1) is 0 Å². The third-order valence-corrected chi connectivity index (χ3v) is 5.96. The van der Waals surface area contributed by atoms with Crippen LogP contribution in [0.25, 0.3) is 31.9 Å². The molecule has 4 rings (SSSR count). The molecule has 4 aliphatic heterocycles. The Balaban J connectivity index is 0.000000366. The van der Waals surface area contributed by atoms with Crippen molar-refractivity contribution in [3.8, 4) is 0 Å². The minimum Gasteiger partial charge on any atom is -0.373 e. The summed E-state index contributed by atoms with van der Waals surface area (Å²) in [4.78, 5) is 8.74.